The van der Waals surface area contributed by atoms with Gasteiger partial charge in [0.25, 0.3) is 0 Å². The first-order valence-electron chi connectivity index (χ1n) is 7.04. The summed E-state index contributed by atoms with van der Waals surface area (Å²) in [5.74, 6) is -0.807. The second-order valence-electron chi connectivity index (χ2n) is 6.13. The second kappa shape index (κ2) is 5.29. The summed E-state index contributed by atoms with van der Waals surface area (Å²) in [5.41, 5.74) is 0.0982. The summed E-state index contributed by atoms with van der Waals surface area (Å²) < 4.78 is 0. The summed E-state index contributed by atoms with van der Waals surface area (Å²) in [6, 6.07) is -0.579. The number of carboxylic acids is 1. The largest absolute Gasteiger partial charge is 0.480 e. The molecule has 18 heavy (non-hydrogen) atoms. The number of likely N-dealkylation sites (tertiary alicyclic amines) is 1. The van der Waals surface area contributed by atoms with E-state index in [0.29, 0.717) is 19.4 Å². The molecule has 1 saturated heterocycles. The monoisotopic (exact) mass is 253 g/mol. The molecule has 1 amide bonds. The van der Waals surface area contributed by atoms with E-state index in [2.05, 4.69) is 6.92 Å². The number of nitrogens with zero attached hydrogens (tertiary/aromatic N) is 1. The van der Waals surface area contributed by atoms with Gasteiger partial charge >= 0.3 is 5.97 Å². The Kier molecular flexibility index (Phi) is 3.93. The SMILES string of the molecule is CC1(CC(=O)N2CCC[C@H]2C(=O)O)CCCCC1. The molecule has 1 heterocycles. The molecule has 2 aliphatic rings. The van der Waals surface area contributed by atoms with Crippen LogP contribution in [0.2, 0.25) is 0 Å². The third-order valence-corrected chi connectivity index (χ3v) is 4.50. The van der Waals surface area contributed by atoms with Crippen LogP contribution in [0.5, 0.6) is 0 Å². The maximum atomic E-state index is 12.3. The number of carboxylic acid groups (broad SMARTS) is 1. The van der Waals surface area contributed by atoms with Gasteiger partial charge in [-0.1, -0.05) is 26.2 Å². The number of rotatable bonds is 3. The van der Waals surface area contributed by atoms with Gasteiger partial charge < -0.3 is 10.0 Å². The van der Waals surface area contributed by atoms with Crippen LogP contribution in [0.15, 0.2) is 0 Å². The maximum absolute atomic E-state index is 12.3. The average molecular weight is 253 g/mol. The van der Waals surface area contributed by atoms with Crippen LogP contribution in [0.1, 0.15) is 58.3 Å². The van der Waals surface area contributed by atoms with Crippen molar-refractivity contribution >= 4 is 11.9 Å². The van der Waals surface area contributed by atoms with E-state index in [1.807, 2.05) is 0 Å². The number of hydrogen-bond donors (Lipinski definition) is 1. The number of carbonyl (C=O) groups is 2. The van der Waals surface area contributed by atoms with Crippen molar-refractivity contribution in [3.05, 3.63) is 0 Å². The smallest absolute Gasteiger partial charge is 0.326 e. The van der Waals surface area contributed by atoms with Crippen molar-refractivity contribution in [2.24, 2.45) is 5.41 Å². The van der Waals surface area contributed by atoms with Crippen molar-refractivity contribution in [3.63, 3.8) is 0 Å². The van der Waals surface area contributed by atoms with Crippen LogP contribution in [0.3, 0.4) is 0 Å². The fraction of sp³-hybridized carbons (Fsp3) is 0.857. The molecule has 0 spiro atoms. The zero-order chi connectivity index (χ0) is 13.2. The third kappa shape index (κ3) is 2.85. The predicted molar refractivity (Wildman–Crippen MR) is 68.2 cm³/mol. The van der Waals surface area contributed by atoms with Crippen LogP contribution in [0.25, 0.3) is 0 Å². The first-order valence-corrected chi connectivity index (χ1v) is 7.04. The lowest BCUT2D eigenvalue weighted by molar-refractivity contribution is -0.149. The van der Waals surface area contributed by atoms with Crippen LogP contribution in [0, 0.1) is 5.41 Å². The molecule has 1 N–H and O–H groups in total. The summed E-state index contributed by atoms with van der Waals surface area (Å²) in [6.45, 7) is 2.79. The van der Waals surface area contributed by atoms with E-state index < -0.39 is 12.0 Å². The summed E-state index contributed by atoms with van der Waals surface area (Å²) in [4.78, 5) is 25.0. The van der Waals surface area contributed by atoms with Gasteiger partial charge in [-0.15, -0.1) is 0 Å². The Bertz CT molecular complexity index is 334. The topological polar surface area (TPSA) is 57.6 Å². The minimum atomic E-state index is -0.852. The third-order valence-electron chi connectivity index (χ3n) is 4.50. The van der Waals surface area contributed by atoms with Gasteiger partial charge in [0, 0.05) is 13.0 Å². The molecule has 0 bridgehead atoms. The molecule has 0 aromatic carbocycles. The Morgan fingerprint density at radius 2 is 1.89 bits per heavy atom. The molecule has 1 saturated carbocycles. The molecule has 0 unspecified atom stereocenters. The van der Waals surface area contributed by atoms with Crippen LogP contribution >= 0.6 is 0 Å². The van der Waals surface area contributed by atoms with Crippen molar-refractivity contribution in [3.8, 4) is 0 Å². The average Bonchev–Trinajstić information content (AvgIpc) is 2.78. The van der Waals surface area contributed by atoms with E-state index in [1.165, 1.54) is 19.3 Å². The van der Waals surface area contributed by atoms with Gasteiger partial charge in [-0.25, -0.2) is 4.79 Å². The van der Waals surface area contributed by atoms with Gasteiger partial charge in [-0.3, -0.25) is 4.79 Å². The molecule has 2 rings (SSSR count). The van der Waals surface area contributed by atoms with Crippen molar-refractivity contribution in [2.45, 2.75) is 64.3 Å². The molecule has 4 nitrogen and oxygen atoms in total. The number of carbonyl (C=O) groups excluding carboxylic acids is 1. The minimum absolute atomic E-state index is 0.0456. The highest BCUT2D eigenvalue weighted by Gasteiger charge is 2.37. The lowest BCUT2D eigenvalue weighted by Crippen LogP contribution is -2.42. The summed E-state index contributed by atoms with van der Waals surface area (Å²) in [5, 5.41) is 9.11. The van der Waals surface area contributed by atoms with Crippen molar-refractivity contribution in [1.82, 2.24) is 4.90 Å². The molecule has 1 aliphatic carbocycles. The first-order chi connectivity index (χ1) is 8.52. The van der Waals surface area contributed by atoms with Crippen molar-refractivity contribution in [2.75, 3.05) is 6.54 Å². The van der Waals surface area contributed by atoms with E-state index in [1.54, 1.807) is 4.90 Å². The molecule has 0 radical (unpaired) electrons. The first kappa shape index (κ1) is 13.4. The molecule has 0 aromatic heterocycles. The van der Waals surface area contributed by atoms with E-state index in [-0.39, 0.29) is 11.3 Å². The van der Waals surface area contributed by atoms with Gasteiger partial charge in [0.1, 0.15) is 6.04 Å². The maximum Gasteiger partial charge on any atom is 0.326 e. The van der Waals surface area contributed by atoms with Gasteiger partial charge in [-0.05, 0) is 31.1 Å². The van der Waals surface area contributed by atoms with Gasteiger partial charge in [-0.2, -0.15) is 0 Å². The highest BCUT2D eigenvalue weighted by Crippen LogP contribution is 2.39. The normalized spacial score (nSPS) is 27.2. The van der Waals surface area contributed by atoms with E-state index >= 15 is 0 Å². The highest BCUT2D eigenvalue weighted by atomic mass is 16.4. The summed E-state index contributed by atoms with van der Waals surface area (Å²) in [7, 11) is 0. The predicted octanol–water partition coefficient (Wildman–Crippen LogP) is 2.42. The quantitative estimate of drug-likeness (QED) is 0.840. The number of aliphatic carboxylic acids is 1. The fourth-order valence-electron chi connectivity index (χ4n) is 3.37. The summed E-state index contributed by atoms with van der Waals surface area (Å²) in [6.07, 6.45) is 7.83. The Labute approximate surface area is 108 Å². The summed E-state index contributed by atoms with van der Waals surface area (Å²) >= 11 is 0. The molecule has 1 aliphatic heterocycles. The zero-order valence-electron chi connectivity index (χ0n) is 11.2. The molecule has 4 heteroatoms. The lowest BCUT2D eigenvalue weighted by atomic mass is 9.73. The number of hydrogen-bond acceptors (Lipinski definition) is 2. The fourth-order valence-corrected chi connectivity index (χ4v) is 3.37. The zero-order valence-corrected chi connectivity index (χ0v) is 11.2. The van der Waals surface area contributed by atoms with Crippen molar-refractivity contribution in [1.29, 1.82) is 0 Å². The van der Waals surface area contributed by atoms with Crippen LogP contribution in [-0.2, 0) is 9.59 Å². The molecular weight excluding hydrogens is 230 g/mol. The molecule has 0 aromatic rings. The van der Waals surface area contributed by atoms with Crippen LogP contribution in [0.4, 0.5) is 0 Å². The standard InChI is InChI=1S/C14H23NO3/c1-14(7-3-2-4-8-14)10-12(16)15-9-5-6-11(15)13(17)18/h11H,2-10H2,1H3,(H,17,18)/t11-/m0/s1. The van der Waals surface area contributed by atoms with Crippen molar-refractivity contribution < 1.29 is 14.7 Å². The van der Waals surface area contributed by atoms with Gasteiger partial charge in [0.05, 0.1) is 0 Å². The Morgan fingerprint density at radius 1 is 1.22 bits per heavy atom. The Balaban J connectivity index is 1.96. The Morgan fingerprint density at radius 3 is 2.50 bits per heavy atom. The molecule has 102 valence electrons. The highest BCUT2D eigenvalue weighted by molar-refractivity contribution is 5.84. The Hall–Kier alpha value is -1.06. The van der Waals surface area contributed by atoms with E-state index in [4.69, 9.17) is 5.11 Å². The van der Waals surface area contributed by atoms with Gasteiger partial charge in [0.15, 0.2) is 0 Å². The van der Waals surface area contributed by atoms with Crippen LogP contribution < -0.4 is 0 Å². The van der Waals surface area contributed by atoms with E-state index in [9.17, 15) is 9.59 Å². The number of amides is 1. The van der Waals surface area contributed by atoms with Crippen LogP contribution in [-0.4, -0.2) is 34.5 Å². The molecule has 2 fully saturated rings. The minimum Gasteiger partial charge on any atom is -0.480 e. The van der Waals surface area contributed by atoms with E-state index in [0.717, 1.165) is 19.3 Å². The molecular formula is C14H23NO3. The second-order valence-corrected chi connectivity index (χ2v) is 6.13. The molecule has 1 atom stereocenters. The van der Waals surface area contributed by atoms with Gasteiger partial charge in [0.2, 0.25) is 5.91 Å². The lowest BCUT2D eigenvalue weighted by Gasteiger charge is -2.35.